The number of hydrogen-bond donors (Lipinski definition) is 1. The second-order valence-electron chi connectivity index (χ2n) is 3.82. The minimum atomic E-state index is 0.275. The number of aromatic nitrogens is 1. The van der Waals surface area contributed by atoms with Crippen LogP contribution in [-0.2, 0) is 0 Å². The van der Waals surface area contributed by atoms with Crippen LogP contribution in [0.3, 0.4) is 0 Å². The Morgan fingerprint density at radius 2 is 2.33 bits per heavy atom. The molecule has 1 atom stereocenters. The molecule has 4 heteroatoms. The highest BCUT2D eigenvalue weighted by Gasteiger charge is 2.11. The van der Waals surface area contributed by atoms with E-state index in [-0.39, 0.29) is 6.04 Å². The molecular formula is C11H17N3S. The summed E-state index contributed by atoms with van der Waals surface area (Å²) in [5.41, 5.74) is 6.73. The number of anilines is 1. The lowest BCUT2D eigenvalue weighted by atomic mass is 10.2. The Hall–Kier alpha value is -1.16. The molecule has 82 valence electrons. The van der Waals surface area contributed by atoms with Crippen molar-refractivity contribution in [2.45, 2.75) is 26.3 Å². The first kappa shape index (κ1) is 11.9. The molecule has 1 heterocycles. The van der Waals surface area contributed by atoms with Crippen molar-refractivity contribution in [3.8, 4) is 0 Å². The minimum absolute atomic E-state index is 0.275. The van der Waals surface area contributed by atoms with Crippen molar-refractivity contribution < 1.29 is 0 Å². The van der Waals surface area contributed by atoms with Gasteiger partial charge in [-0.15, -0.1) is 0 Å². The van der Waals surface area contributed by atoms with Crippen LogP contribution >= 0.6 is 12.2 Å². The van der Waals surface area contributed by atoms with E-state index in [1.165, 1.54) is 5.56 Å². The third-order valence-corrected chi connectivity index (χ3v) is 2.59. The van der Waals surface area contributed by atoms with E-state index in [1.54, 1.807) is 0 Å². The van der Waals surface area contributed by atoms with Gasteiger partial charge in [0, 0.05) is 25.7 Å². The number of pyridine rings is 1. The van der Waals surface area contributed by atoms with E-state index in [4.69, 9.17) is 18.0 Å². The fourth-order valence-electron chi connectivity index (χ4n) is 1.37. The molecule has 0 amide bonds. The summed E-state index contributed by atoms with van der Waals surface area (Å²) in [5.74, 6) is 0.957. The molecule has 3 nitrogen and oxygen atoms in total. The summed E-state index contributed by atoms with van der Waals surface area (Å²) in [4.78, 5) is 6.94. The van der Waals surface area contributed by atoms with Crippen molar-refractivity contribution >= 4 is 23.0 Å². The van der Waals surface area contributed by atoms with Crippen molar-refractivity contribution in [3.63, 3.8) is 0 Å². The Morgan fingerprint density at radius 3 is 2.87 bits per heavy atom. The lowest BCUT2D eigenvalue weighted by Crippen LogP contribution is -2.33. The molecule has 1 aromatic rings. The molecule has 0 aliphatic rings. The first-order valence-corrected chi connectivity index (χ1v) is 5.35. The van der Waals surface area contributed by atoms with Crippen molar-refractivity contribution in [2.24, 2.45) is 5.73 Å². The van der Waals surface area contributed by atoms with Gasteiger partial charge in [-0.1, -0.05) is 12.2 Å². The van der Waals surface area contributed by atoms with Gasteiger partial charge in [-0.05, 0) is 31.5 Å². The largest absolute Gasteiger partial charge is 0.393 e. The van der Waals surface area contributed by atoms with Crippen LogP contribution in [0.2, 0.25) is 0 Å². The van der Waals surface area contributed by atoms with Gasteiger partial charge in [0.05, 0.1) is 4.99 Å². The number of aryl methyl sites for hydroxylation is 1. The van der Waals surface area contributed by atoms with Crippen molar-refractivity contribution in [2.75, 3.05) is 11.9 Å². The van der Waals surface area contributed by atoms with Gasteiger partial charge in [-0.25, -0.2) is 4.98 Å². The monoisotopic (exact) mass is 223 g/mol. The molecule has 2 N–H and O–H groups in total. The van der Waals surface area contributed by atoms with Gasteiger partial charge in [0.1, 0.15) is 5.82 Å². The quantitative estimate of drug-likeness (QED) is 0.792. The van der Waals surface area contributed by atoms with E-state index in [9.17, 15) is 0 Å². The molecule has 1 unspecified atom stereocenters. The number of nitrogens with two attached hydrogens (primary N) is 1. The summed E-state index contributed by atoms with van der Waals surface area (Å²) in [7, 11) is 2.00. The van der Waals surface area contributed by atoms with E-state index in [0.717, 1.165) is 5.82 Å². The fourth-order valence-corrected chi connectivity index (χ4v) is 1.61. The zero-order chi connectivity index (χ0) is 11.4. The van der Waals surface area contributed by atoms with Crippen molar-refractivity contribution in [1.82, 2.24) is 4.98 Å². The molecule has 1 rings (SSSR count). The summed E-state index contributed by atoms with van der Waals surface area (Å²) in [6, 6.07) is 4.31. The second-order valence-corrected chi connectivity index (χ2v) is 4.35. The van der Waals surface area contributed by atoms with E-state index in [0.29, 0.717) is 11.4 Å². The lowest BCUT2D eigenvalue weighted by Gasteiger charge is -2.25. The number of rotatable bonds is 4. The summed E-state index contributed by atoms with van der Waals surface area (Å²) >= 11 is 4.90. The van der Waals surface area contributed by atoms with Crippen molar-refractivity contribution in [3.05, 3.63) is 23.9 Å². The zero-order valence-corrected chi connectivity index (χ0v) is 10.2. The maximum atomic E-state index is 5.52. The molecule has 0 radical (unpaired) electrons. The van der Waals surface area contributed by atoms with Gasteiger partial charge in [-0.3, -0.25) is 0 Å². The molecule has 0 saturated heterocycles. The Labute approximate surface area is 96.3 Å². The minimum Gasteiger partial charge on any atom is -0.393 e. The van der Waals surface area contributed by atoms with Gasteiger partial charge < -0.3 is 10.6 Å². The first-order valence-electron chi connectivity index (χ1n) is 4.94. The molecule has 1 aromatic heterocycles. The molecule has 0 spiro atoms. The Balaban J connectivity index is 2.75. The maximum absolute atomic E-state index is 5.52. The van der Waals surface area contributed by atoms with Crippen molar-refractivity contribution in [1.29, 1.82) is 0 Å². The molecule has 0 aliphatic heterocycles. The Kier molecular flexibility index (Phi) is 4.03. The topological polar surface area (TPSA) is 42.2 Å². The highest BCUT2D eigenvalue weighted by molar-refractivity contribution is 7.80. The average molecular weight is 223 g/mol. The van der Waals surface area contributed by atoms with Crippen LogP contribution in [0.15, 0.2) is 18.3 Å². The molecule has 15 heavy (non-hydrogen) atoms. The maximum Gasteiger partial charge on any atom is 0.128 e. The van der Waals surface area contributed by atoms with Gasteiger partial charge in [-0.2, -0.15) is 0 Å². The molecule has 0 fully saturated rings. The third kappa shape index (κ3) is 3.47. The van der Waals surface area contributed by atoms with Crippen LogP contribution in [0.25, 0.3) is 0 Å². The Morgan fingerprint density at radius 1 is 1.67 bits per heavy atom. The smallest absolute Gasteiger partial charge is 0.128 e. The van der Waals surface area contributed by atoms with Gasteiger partial charge >= 0.3 is 0 Å². The summed E-state index contributed by atoms with van der Waals surface area (Å²) in [5, 5.41) is 0. The number of thiocarbonyl (C=S) groups is 1. The normalized spacial score (nSPS) is 12.2. The van der Waals surface area contributed by atoms with E-state index < -0.39 is 0 Å². The lowest BCUT2D eigenvalue weighted by molar-refractivity contribution is 0.705. The van der Waals surface area contributed by atoms with E-state index in [1.807, 2.05) is 19.3 Å². The van der Waals surface area contributed by atoms with Gasteiger partial charge in [0.15, 0.2) is 0 Å². The molecular weight excluding hydrogens is 206 g/mol. The van der Waals surface area contributed by atoms with Crippen LogP contribution < -0.4 is 10.6 Å². The second kappa shape index (κ2) is 5.07. The van der Waals surface area contributed by atoms with E-state index in [2.05, 4.69) is 29.8 Å². The van der Waals surface area contributed by atoms with Gasteiger partial charge in [0.25, 0.3) is 0 Å². The van der Waals surface area contributed by atoms with Crippen LogP contribution in [-0.4, -0.2) is 23.1 Å². The summed E-state index contributed by atoms with van der Waals surface area (Å²) < 4.78 is 0. The summed E-state index contributed by atoms with van der Waals surface area (Å²) in [6.45, 7) is 4.14. The SMILES string of the molecule is Cc1ccnc(N(C)C(C)CC(N)=S)c1. The standard InChI is InChI=1S/C11H17N3S/c1-8-4-5-13-11(6-8)14(3)9(2)7-10(12)15/h4-6,9H,7H2,1-3H3,(H2,12,15). The zero-order valence-electron chi connectivity index (χ0n) is 9.40. The van der Waals surface area contributed by atoms with E-state index >= 15 is 0 Å². The van der Waals surface area contributed by atoms with Crippen LogP contribution in [0.1, 0.15) is 18.9 Å². The average Bonchev–Trinajstić information content (AvgIpc) is 2.15. The Bertz CT molecular complexity index is 351. The third-order valence-electron chi connectivity index (χ3n) is 2.42. The predicted octanol–water partition coefficient (Wildman–Crippen LogP) is 1.89. The summed E-state index contributed by atoms with van der Waals surface area (Å²) in [6.07, 6.45) is 2.52. The van der Waals surface area contributed by atoms with Gasteiger partial charge in [0.2, 0.25) is 0 Å². The highest BCUT2D eigenvalue weighted by atomic mass is 32.1. The first-order chi connectivity index (χ1) is 7.00. The van der Waals surface area contributed by atoms with Crippen LogP contribution in [0, 0.1) is 6.92 Å². The highest BCUT2D eigenvalue weighted by Crippen LogP contribution is 2.14. The predicted molar refractivity (Wildman–Crippen MR) is 68.2 cm³/mol. The number of nitrogens with zero attached hydrogens (tertiary/aromatic N) is 2. The number of hydrogen-bond acceptors (Lipinski definition) is 3. The van der Waals surface area contributed by atoms with Crippen LogP contribution in [0.4, 0.5) is 5.82 Å². The molecule has 0 bridgehead atoms. The fraction of sp³-hybridized carbons (Fsp3) is 0.455. The molecule has 0 saturated carbocycles. The van der Waals surface area contributed by atoms with Crippen LogP contribution in [0.5, 0.6) is 0 Å². The molecule has 0 aromatic carbocycles. The molecule has 0 aliphatic carbocycles.